The molecule has 0 unspecified atom stereocenters. The zero-order valence-electron chi connectivity index (χ0n) is 15.5. The number of aliphatic hydroxyl groups is 1. The number of para-hydroxylation sites is 1. The molecule has 29 heavy (non-hydrogen) atoms. The molecule has 0 atom stereocenters. The van der Waals surface area contributed by atoms with Gasteiger partial charge in [-0.25, -0.2) is 0 Å². The van der Waals surface area contributed by atoms with Gasteiger partial charge < -0.3 is 10.0 Å². The van der Waals surface area contributed by atoms with Gasteiger partial charge in [-0.1, -0.05) is 70.2 Å². The fourth-order valence-electron chi connectivity index (χ4n) is 2.89. The number of amides is 2. The Kier molecular flexibility index (Phi) is 7.60. The normalized spacial score (nSPS) is 15.2. The molecular formula is C21H19BrN2O3S2. The number of hydrogen-bond acceptors (Lipinski definition) is 5. The molecular weight excluding hydrogens is 472 g/mol. The van der Waals surface area contributed by atoms with Gasteiger partial charge in [0.2, 0.25) is 5.91 Å². The number of thiocarbonyl (C=S) groups is 1. The van der Waals surface area contributed by atoms with Gasteiger partial charge in [0.1, 0.15) is 4.32 Å². The van der Waals surface area contributed by atoms with Crippen LogP contribution in [0.25, 0.3) is 6.08 Å². The molecule has 2 aromatic rings. The molecule has 0 bridgehead atoms. The molecule has 1 N–H and O–H groups in total. The summed E-state index contributed by atoms with van der Waals surface area (Å²) >= 11 is 10.0. The Bertz CT molecular complexity index is 950. The summed E-state index contributed by atoms with van der Waals surface area (Å²) in [5.74, 6) is -0.364. The van der Waals surface area contributed by atoms with E-state index < -0.39 is 0 Å². The Morgan fingerprint density at radius 3 is 2.66 bits per heavy atom. The topological polar surface area (TPSA) is 60.9 Å². The van der Waals surface area contributed by atoms with Gasteiger partial charge in [-0.15, -0.1) is 0 Å². The van der Waals surface area contributed by atoms with E-state index in [4.69, 9.17) is 12.2 Å². The van der Waals surface area contributed by atoms with Crippen LogP contribution in [-0.4, -0.2) is 45.8 Å². The summed E-state index contributed by atoms with van der Waals surface area (Å²) in [6.45, 7) is 0.259. The van der Waals surface area contributed by atoms with Crippen LogP contribution in [0.15, 0.2) is 64.0 Å². The second-order valence-electron chi connectivity index (χ2n) is 6.24. The predicted molar refractivity (Wildman–Crippen MR) is 125 cm³/mol. The van der Waals surface area contributed by atoms with Crippen molar-refractivity contribution in [3.63, 3.8) is 0 Å². The van der Waals surface area contributed by atoms with Crippen molar-refractivity contribution >= 4 is 67.8 Å². The summed E-state index contributed by atoms with van der Waals surface area (Å²) < 4.78 is 1.37. The molecule has 2 amide bonds. The number of hydrogen-bond donors (Lipinski definition) is 1. The minimum atomic E-state index is -0.193. The smallest absolute Gasteiger partial charge is 0.266 e. The van der Waals surface area contributed by atoms with Crippen molar-refractivity contribution in [2.45, 2.75) is 6.42 Å². The van der Waals surface area contributed by atoms with Crippen LogP contribution in [0, 0.1) is 0 Å². The molecule has 2 aromatic carbocycles. The van der Waals surface area contributed by atoms with Crippen molar-refractivity contribution in [1.82, 2.24) is 4.90 Å². The van der Waals surface area contributed by atoms with Crippen LogP contribution in [0.4, 0.5) is 5.69 Å². The highest BCUT2D eigenvalue weighted by molar-refractivity contribution is 9.10. The highest BCUT2D eigenvalue weighted by Crippen LogP contribution is 2.33. The molecule has 3 rings (SSSR count). The van der Waals surface area contributed by atoms with Crippen LogP contribution in [-0.2, 0) is 9.59 Å². The standard InChI is InChI=1S/C21H19BrN2O3S2/c22-16-6-4-5-15(13-16)14-18-20(27)24(21(28)29-18)10-9-19(26)23(11-12-25)17-7-2-1-3-8-17/h1-8,13-14,25H,9-12H2/b18-14-. The van der Waals surface area contributed by atoms with Crippen molar-refractivity contribution in [2.24, 2.45) is 0 Å². The largest absolute Gasteiger partial charge is 0.395 e. The number of carbonyl (C=O) groups is 2. The number of aliphatic hydroxyl groups excluding tert-OH is 1. The van der Waals surface area contributed by atoms with E-state index in [2.05, 4.69) is 15.9 Å². The van der Waals surface area contributed by atoms with Gasteiger partial charge in [0, 0.05) is 29.7 Å². The number of halogens is 1. The van der Waals surface area contributed by atoms with Crippen molar-refractivity contribution in [1.29, 1.82) is 0 Å². The molecule has 1 aliphatic rings. The van der Waals surface area contributed by atoms with E-state index in [1.165, 1.54) is 21.6 Å². The summed E-state index contributed by atoms with van der Waals surface area (Å²) in [4.78, 5) is 29.0. The van der Waals surface area contributed by atoms with Gasteiger partial charge in [-0.2, -0.15) is 0 Å². The Morgan fingerprint density at radius 1 is 1.21 bits per heavy atom. The second-order valence-corrected chi connectivity index (χ2v) is 8.83. The first-order chi connectivity index (χ1) is 14.0. The lowest BCUT2D eigenvalue weighted by atomic mass is 10.2. The number of carbonyl (C=O) groups excluding carboxylic acids is 2. The van der Waals surface area contributed by atoms with Crippen LogP contribution in [0.5, 0.6) is 0 Å². The van der Waals surface area contributed by atoms with E-state index in [0.717, 1.165) is 10.0 Å². The van der Waals surface area contributed by atoms with Crippen LogP contribution in [0.1, 0.15) is 12.0 Å². The third-order valence-corrected chi connectivity index (χ3v) is 6.13. The van der Waals surface area contributed by atoms with E-state index in [1.807, 2.05) is 54.6 Å². The Labute approximate surface area is 187 Å². The van der Waals surface area contributed by atoms with Gasteiger partial charge in [0.15, 0.2) is 0 Å². The minimum absolute atomic E-state index is 0.117. The summed E-state index contributed by atoms with van der Waals surface area (Å²) in [6, 6.07) is 16.8. The Hall–Kier alpha value is -2.00. The van der Waals surface area contributed by atoms with Gasteiger partial charge in [-0.3, -0.25) is 14.5 Å². The number of anilines is 1. The third-order valence-electron chi connectivity index (χ3n) is 4.26. The molecule has 8 heteroatoms. The van der Waals surface area contributed by atoms with Crippen LogP contribution >= 0.6 is 39.9 Å². The fourth-order valence-corrected chi connectivity index (χ4v) is 4.61. The molecule has 5 nitrogen and oxygen atoms in total. The fraction of sp³-hybridized carbons (Fsp3) is 0.190. The highest BCUT2D eigenvalue weighted by Gasteiger charge is 2.32. The summed E-state index contributed by atoms with van der Waals surface area (Å²) in [7, 11) is 0. The maximum absolute atomic E-state index is 12.8. The van der Waals surface area contributed by atoms with E-state index in [1.54, 1.807) is 6.08 Å². The maximum atomic E-state index is 12.8. The van der Waals surface area contributed by atoms with E-state index >= 15 is 0 Å². The molecule has 0 aromatic heterocycles. The summed E-state index contributed by atoms with van der Waals surface area (Å²) in [6.07, 6.45) is 1.92. The zero-order valence-corrected chi connectivity index (χ0v) is 18.7. The van der Waals surface area contributed by atoms with Crippen molar-refractivity contribution in [3.05, 3.63) is 69.5 Å². The average molecular weight is 491 g/mol. The van der Waals surface area contributed by atoms with Crippen molar-refractivity contribution in [2.75, 3.05) is 24.6 Å². The first-order valence-electron chi connectivity index (χ1n) is 8.97. The lowest BCUT2D eigenvalue weighted by Gasteiger charge is -2.23. The molecule has 0 aliphatic carbocycles. The number of thioether (sulfide) groups is 1. The van der Waals surface area contributed by atoms with Crippen molar-refractivity contribution in [3.8, 4) is 0 Å². The molecule has 150 valence electrons. The number of benzene rings is 2. The van der Waals surface area contributed by atoms with Crippen LogP contribution in [0.2, 0.25) is 0 Å². The molecule has 1 saturated heterocycles. The SMILES string of the molecule is O=C1/C(=C/c2cccc(Br)c2)SC(=S)N1CCC(=O)N(CCO)c1ccccc1. The lowest BCUT2D eigenvalue weighted by Crippen LogP contribution is -2.37. The number of nitrogens with zero attached hydrogens (tertiary/aromatic N) is 2. The zero-order chi connectivity index (χ0) is 20.8. The summed E-state index contributed by atoms with van der Waals surface area (Å²) in [5, 5.41) is 9.31. The molecule has 1 aliphatic heterocycles. The quantitative estimate of drug-likeness (QED) is 0.468. The average Bonchev–Trinajstić information content (AvgIpc) is 2.97. The molecule has 0 saturated carbocycles. The van der Waals surface area contributed by atoms with Gasteiger partial charge >= 0.3 is 0 Å². The molecule has 0 radical (unpaired) electrons. The summed E-state index contributed by atoms with van der Waals surface area (Å²) in [5.41, 5.74) is 1.61. The third kappa shape index (κ3) is 5.54. The predicted octanol–water partition coefficient (Wildman–Crippen LogP) is 4.07. The highest BCUT2D eigenvalue weighted by atomic mass is 79.9. The monoisotopic (exact) mass is 490 g/mol. The first-order valence-corrected chi connectivity index (χ1v) is 11.0. The second kappa shape index (κ2) is 10.2. The molecule has 0 spiro atoms. The Morgan fingerprint density at radius 2 is 1.97 bits per heavy atom. The van der Waals surface area contributed by atoms with Crippen LogP contribution < -0.4 is 4.90 Å². The maximum Gasteiger partial charge on any atom is 0.266 e. The molecule has 1 fully saturated rings. The first kappa shape index (κ1) is 21.7. The van der Waals surface area contributed by atoms with E-state index in [9.17, 15) is 14.7 Å². The van der Waals surface area contributed by atoms with Gasteiger partial charge in [0.25, 0.3) is 5.91 Å². The number of rotatable bonds is 7. The van der Waals surface area contributed by atoms with Crippen LogP contribution in [0.3, 0.4) is 0 Å². The minimum Gasteiger partial charge on any atom is -0.395 e. The Balaban J connectivity index is 1.67. The van der Waals surface area contributed by atoms with Gasteiger partial charge in [0.05, 0.1) is 11.5 Å². The van der Waals surface area contributed by atoms with Crippen molar-refractivity contribution < 1.29 is 14.7 Å². The molecule has 1 heterocycles. The van der Waals surface area contributed by atoms with E-state index in [-0.39, 0.29) is 37.9 Å². The lowest BCUT2D eigenvalue weighted by molar-refractivity contribution is -0.123. The van der Waals surface area contributed by atoms with E-state index in [0.29, 0.717) is 14.9 Å². The van der Waals surface area contributed by atoms with Gasteiger partial charge in [-0.05, 0) is 35.9 Å².